The van der Waals surface area contributed by atoms with Gasteiger partial charge >= 0.3 is 0 Å². The fraction of sp³-hybridized carbons (Fsp3) is 0.533. The topological polar surface area (TPSA) is 104 Å². The van der Waals surface area contributed by atoms with Gasteiger partial charge < -0.3 is 34.5 Å². The van der Waals surface area contributed by atoms with Crippen LogP contribution in [0, 0.1) is 0 Å². The zero-order chi connectivity index (χ0) is 26.2. The third-order valence-electron chi connectivity index (χ3n) is 7.28. The Morgan fingerprint density at radius 3 is 2.27 bits per heavy atom. The smallest absolute Gasteiger partial charge is 0.116 e. The number of aromatic amines is 1. The lowest BCUT2D eigenvalue weighted by Gasteiger charge is -2.46. The van der Waals surface area contributed by atoms with E-state index in [1.807, 2.05) is 67.7 Å². The average Bonchev–Trinajstić information content (AvgIpc) is 3.35. The van der Waals surface area contributed by atoms with Gasteiger partial charge in [-0.25, -0.2) is 0 Å². The monoisotopic (exact) mass is 511 g/mol. The molecule has 0 aliphatic heterocycles. The summed E-state index contributed by atoms with van der Waals surface area (Å²) in [5, 5.41) is 34.4. The van der Waals surface area contributed by atoms with Crippen molar-refractivity contribution in [3.63, 3.8) is 0 Å². The largest absolute Gasteiger partial charge is 0.387 e. The van der Waals surface area contributed by atoms with Crippen LogP contribution in [0.2, 0.25) is 0 Å². The van der Waals surface area contributed by atoms with Crippen LogP contribution in [0.15, 0.2) is 60.8 Å². The fourth-order valence-electron chi connectivity index (χ4n) is 5.15. The second-order valence-electron chi connectivity index (χ2n) is 10.0. The van der Waals surface area contributed by atoms with Gasteiger partial charge in [-0.1, -0.05) is 81.1 Å². The Kier molecular flexibility index (Phi) is 10.1. The molecule has 7 unspecified atom stereocenters. The molecule has 4 rings (SSSR count). The molecule has 0 radical (unpaired) electrons. The summed E-state index contributed by atoms with van der Waals surface area (Å²) in [6.07, 6.45) is 0.232. The lowest BCUT2D eigenvalue weighted by atomic mass is 9.84. The quantitative estimate of drug-likeness (QED) is 0.249. The predicted molar refractivity (Wildman–Crippen MR) is 143 cm³/mol. The molecule has 1 aromatic heterocycles. The highest BCUT2D eigenvalue weighted by Gasteiger charge is 2.52. The number of aromatic nitrogens is 1. The summed E-state index contributed by atoms with van der Waals surface area (Å²) in [5.74, 6) is 0. The van der Waals surface area contributed by atoms with Crippen molar-refractivity contribution in [2.75, 3.05) is 6.61 Å². The van der Waals surface area contributed by atoms with E-state index in [0.717, 1.165) is 47.7 Å². The zero-order valence-corrected chi connectivity index (χ0v) is 21.8. The van der Waals surface area contributed by atoms with Crippen molar-refractivity contribution >= 4 is 10.9 Å². The number of benzene rings is 2. The van der Waals surface area contributed by atoms with Crippen LogP contribution in [0.3, 0.4) is 0 Å². The van der Waals surface area contributed by atoms with Crippen LogP contribution in [0.5, 0.6) is 0 Å². The highest BCUT2D eigenvalue weighted by Crippen LogP contribution is 2.34. The summed E-state index contributed by atoms with van der Waals surface area (Å²) in [5.41, 5.74) is 2.86. The second kappa shape index (κ2) is 13.5. The molecule has 1 saturated carbocycles. The lowest BCUT2D eigenvalue weighted by molar-refractivity contribution is -0.265. The number of aliphatic hydroxyl groups excluding tert-OH is 3. The molecule has 202 valence electrons. The molecule has 0 saturated heterocycles. The maximum absolute atomic E-state index is 11.4. The first-order valence-corrected chi connectivity index (χ1v) is 13.5. The lowest BCUT2D eigenvalue weighted by Crippen LogP contribution is -2.65. The molecule has 0 amide bonds. The number of hydrogen-bond donors (Lipinski definition) is 4. The van der Waals surface area contributed by atoms with E-state index in [2.05, 4.69) is 11.9 Å². The van der Waals surface area contributed by atoms with Gasteiger partial charge in [0.15, 0.2) is 0 Å². The molecule has 7 nitrogen and oxygen atoms in total. The van der Waals surface area contributed by atoms with Gasteiger partial charge in [-0.05, 0) is 25.0 Å². The Morgan fingerprint density at radius 2 is 1.49 bits per heavy atom. The highest BCUT2D eigenvalue weighted by molar-refractivity contribution is 5.83. The molecular weight excluding hydrogens is 470 g/mol. The Balaban J connectivity index is 1.50. The van der Waals surface area contributed by atoms with Gasteiger partial charge in [0.1, 0.15) is 36.6 Å². The van der Waals surface area contributed by atoms with E-state index in [9.17, 15) is 15.3 Å². The fourth-order valence-corrected chi connectivity index (χ4v) is 5.15. The van der Waals surface area contributed by atoms with E-state index in [-0.39, 0.29) is 6.61 Å². The molecule has 37 heavy (non-hydrogen) atoms. The molecule has 7 heteroatoms. The molecule has 4 N–H and O–H groups in total. The van der Waals surface area contributed by atoms with Gasteiger partial charge in [-0.15, -0.1) is 0 Å². The molecule has 1 heterocycles. The molecule has 1 aliphatic carbocycles. The number of aliphatic hydroxyl groups is 3. The van der Waals surface area contributed by atoms with E-state index in [4.69, 9.17) is 14.2 Å². The zero-order valence-electron chi connectivity index (χ0n) is 21.8. The number of unbranched alkanes of at least 4 members (excludes halogenated alkanes) is 4. The molecule has 1 fully saturated rings. The summed E-state index contributed by atoms with van der Waals surface area (Å²) in [7, 11) is 0. The number of para-hydroxylation sites is 1. The first kappa shape index (κ1) is 27.8. The number of fused-ring (bicyclic) bond motifs is 1. The maximum atomic E-state index is 11.4. The molecule has 0 bridgehead atoms. The van der Waals surface area contributed by atoms with E-state index in [0.29, 0.717) is 6.61 Å². The standard InChI is InChI=1S/C30H41NO6/c1-3-4-5-6-12-17-35-28-25(32)26(33)29(36-19-21-13-8-7-9-14-21)30(27(28)34)37-20(2)23-18-31-24-16-11-10-15-22(23)24/h7-11,13-16,18,20,25-34H,3-6,12,17,19H2,1-2H3. The number of H-pyrrole nitrogens is 1. The van der Waals surface area contributed by atoms with E-state index >= 15 is 0 Å². The Bertz CT molecular complexity index is 1070. The number of ether oxygens (including phenoxy) is 3. The Labute approximate surface area is 219 Å². The minimum Gasteiger partial charge on any atom is -0.387 e. The summed E-state index contributed by atoms with van der Waals surface area (Å²) in [6.45, 7) is 4.69. The Hall–Kier alpha value is -2.26. The molecule has 2 aromatic carbocycles. The normalized spacial score (nSPS) is 26.9. The van der Waals surface area contributed by atoms with E-state index in [1.54, 1.807) is 0 Å². The van der Waals surface area contributed by atoms with Crippen molar-refractivity contribution in [2.45, 2.75) is 95.3 Å². The van der Waals surface area contributed by atoms with Crippen molar-refractivity contribution < 1.29 is 29.5 Å². The van der Waals surface area contributed by atoms with E-state index in [1.165, 1.54) is 6.42 Å². The maximum Gasteiger partial charge on any atom is 0.116 e. The second-order valence-corrected chi connectivity index (χ2v) is 10.0. The molecular formula is C30H41NO6. The van der Waals surface area contributed by atoms with Crippen LogP contribution >= 0.6 is 0 Å². The van der Waals surface area contributed by atoms with Crippen molar-refractivity contribution in [3.8, 4) is 0 Å². The summed E-state index contributed by atoms with van der Waals surface area (Å²) >= 11 is 0. The minimum atomic E-state index is -1.30. The third kappa shape index (κ3) is 6.79. The summed E-state index contributed by atoms with van der Waals surface area (Å²) in [6, 6.07) is 17.6. The molecule has 3 aromatic rings. The molecule has 1 aliphatic rings. The van der Waals surface area contributed by atoms with Crippen LogP contribution in [0.25, 0.3) is 10.9 Å². The van der Waals surface area contributed by atoms with Gasteiger partial charge in [0.2, 0.25) is 0 Å². The van der Waals surface area contributed by atoms with Crippen molar-refractivity contribution in [1.29, 1.82) is 0 Å². The highest BCUT2D eigenvalue weighted by atomic mass is 16.6. The van der Waals surface area contributed by atoms with Crippen molar-refractivity contribution in [1.82, 2.24) is 4.98 Å². The van der Waals surface area contributed by atoms with Gasteiger partial charge in [-0.2, -0.15) is 0 Å². The number of hydrogen-bond acceptors (Lipinski definition) is 6. The number of rotatable bonds is 13. The van der Waals surface area contributed by atoms with Gasteiger partial charge in [-0.3, -0.25) is 0 Å². The van der Waals surface area contributed by atoms with Crippen molar-refractivity contribution in [3.05, 3.63) is 71.9 Å². The summed E-state index contributed by atoms with van der Waals surface area (Å²) < 4.78 is 18.5. The molecule has 7 atom stereocenters. The van der Waals surface area contributed by atoms with Crippen LogP contribution in [-0.4, -0.2) is 63.5 Å². The molecule has 0 spiro atoms. The average molecular weight is 512 g/mol. The van der Waals surface area contributed by atoms with Crippen LogP contribution in [-0.2, 0) is 20.8 Å². The van der Waals surface area contributed by atoms with Crippen LogP contribution in [0.1, 0.15) is 63.2 Å². The van der Waals surface area contributed by atoms with Crippen LogP contribution < -0.4 is 0 Å². The van der Waals surface area contributed by atoms with Gasteiger partial charge in [0.05, 0.1) is 12.7 Å². The Morgan fingerprint density at radius 1 is 0.784 bits per heavy atom. The van der Waals surface area contributed by atoms with Gasteiger partial charge in [0, 0.05) is 29.3 Å². The number of nitrogens with one attached hydrogen (secondary N) is 1. The van der Waals surface area contributed by atoms with Crippen LogP contribution in [0.4, 0.5) is 0 Å². The minimum absolute atomic E-state index is 0.215. The van der Waals surface area contributed by atoms with E-state index < -0.39 is 42.7 Å². The first-order chi connectivity index (χ1) is 18.0. The van der Waals surface area contributed by atoms with Crippen molar-refractivity contribution in [2.24, 2.45) is 0 Å². The first-order valence-electron chi connectivity index (χ1n) is 13.5. The SMILES string of the molecule is CCCCCCCOC1C(O)C(O)C(OCc2ccccc2)C(OC(C)c2c[nH]c3ccccc23)C1O. The third-order valence-corrected chi connectivity index (χ3v) is 7.28. The van der Waals surface area contributed by atoms with Gasteiger partial charge in [0.25, 0.3) is 0 Å². The predicted octanol–water partition coefficient (Wildman–Crippen LogP) is 4.65. The summed E-state index contributed by atoms with van der Waals surface area (Å²) in [4.78, 5) is 3.26.